The maximum atomic E-state index is 14.3. The summed E-state index contributed by atoms with van der Waals surface area (Å²) in [5, 5.41) is 2.73. The van der Waals surface area contributed by atoms with Gasteiger partial charge in [0, 0.05) is 12.0 Å². The molecule has 2 aliphatic heterocycles. The molecule has 2 aromatic rings. The molecule has 1 amide bonds. The van der Waals surface area contributed by atoms with Crippen molar-refractivity contribution in [2.45, 2.75) is 30.3 Å². The molecule has 2 aliphatic rings. The van der Waals surface area contributed by atoms with Gasteiger partial charge in [-0.3, -0.25) is 4.79 Å². The fourth-order valence-electron chi connectivity index (χ4n) is 3.53. The summed E-state index contributed by atoms with van der Waals surface area (Å²) >= 11 is 18.4. The van der Waals surface area contributed by atoms with E-state index in [2.05, 4.69) is 9.71 Å². The first kappa shape index (κ1) is 23.7. The van der Waals surface area contributed by atoms with Gasteiger partial charge < -0.3 is 10.1 Å². The highest BCUT2D eigenvalue weighted by Crippen LogP contribution is 2.57. The molecular formula is C21H16Cl3F3N2O2S. The third-order valence-corrected chi connectivity index (χ3v) is 7.85. The topological polar surface area (TPSA) is 50.7 Å². The van der Waals surface area contributed by atoms with E-state index in [1.807, 2.05) is 0 Å². The van der Waals surface area contributed by atoms with E-state index in [1.54, 1.807) is 25.1 Å². The SMILES string of the molecule is Cc1cc(C2=NSC(c3cc(Cl)c(Cl)c(Cl)c3)(C(F)(F)F)C2)ccc1C(=O)NC1COC1. The van der Waals surface area contributed by atoms with Crippen molar-refractivity contribution in [3.63, 3.8) is 0 Å². The molecule has 2 heterocycles. The Morgan fingerprint density at radius 1 is 1.19 bits per heavy atom. The normalized spacial score (nSPS) is 21.3. The highest BCUT2D eigenvalue weighted by atomic mass is 35.5. The van der Waals surface area contributed by atoms with Crippen LogP contribution in [-0.2, 0) is 9.48 Å². The van der Waals surface area contributed by atoms with Crippen LogP contribution in [0, 0.1) is 6.92 Å². The second kappa shape index (κ2) is 8.72. The first-order valence-corrected chi connectivity index (χ1v) is 11.4. The van der Waals surface area contributed by atoms with E-state index in [0.717, 1.165) is 0 Å². The lowest BCUT2D eigenvalue weighted by Gasteiger charge is -2.30. The van der Waals surface area contributed by atoms with Crippen LogP contribution >= 0.6 is 46.8 Å². The second-order valence-electron chi connectivity index (χ2n) is 7.62. The lowest BCUT2D eigenvalue weighted by atomic mass is 9.89. The van der Waals surface area contributed by atoms with Crippen LogP contribution in [0.1, 0.15) is 33.5 Å². The quantitative estimate of drug-likeness (QED) is 0.374. The number of hydrogen-bond donors (Lipinski definition) is 1. The number of alkyl halides is 3. The van der Waals surface area contributed by atoms with Gasteiger partial charge in [0.25, 0.3) is 5.91 Å². The fraction of sp³-hybridized carbons (Fsp3) is 0.333. The van der Waals surface area contributed by atoms with E-state index in [1.165, 1.54) is 12.1 Å². The van der Waals surface area contributed by atoms with E-state index >= 15 is 0 Å². The van der Waals surface area contributed by atoms with Gasteiger partial charge >= 0.3 is 6.18 Å². The third kappa shape index (κ3) is 4.23. The molecule has 0 bridgehead atoms. The van der Waals surface area contributed by atoms with E-state index < -0.39 is 17.3 Å². The molecule has 0 aromatic heterocycles. The van der Waals surface area contributed by atoms with Crippen molar-refractivity contribution in [3.8, 4) is 0 Å². The smallest absolute Gasteiger partial charge is 0.377 e. The molecule has 170 valence electrons. The summed E-state index contributed by atoms with van der Waals surface area (Å²) in [6.07, 6.45) is -5.05. The molecule has 1 atom stereocenters. The first-order chi connectivity index (χ1) is 15.0. The van der Waals surface area contributed by atoms with Crippen molar-refractivity contribution >= 4 is 58.4 Å². The summed E-state index contributed by atoms with van der Waals surface area (Å²) in [5.74, 6) is -0.250. The summed E-state index contributed by atoms with van der Waals surface area (Å²) in [4.78, 5) is 12.4. The lowest BCUT2D eigenvalue weighted by Crippen LogP contribution is -2.48. The van der Waals surface area contributed by atoms with E-state index in [-0.39, 0.29) is 38.3 Å². The molecule has 1 N–H and O–H groups in total. The number of carbonyl (C=O) groups is 1. The summed E-state index contributed by atoms with van der Waals surface area (Å²) in [6.45, 7) is 2.67. The number of nitrogens with one attached hydrogen (secondary N) is 1. The Labute approximate surface area is 201 Å². The van der Waals surface area contributed by atoms with E-state index in [0.29, 0.717) is 41.9 Å². The molecule has 0 radical (unpaired) electrons. The second-order valence-corrected chi connectivity index (χ2v) is 9.88. The van der Waals surface area contributed by atoms with Gasteiger partial charge in [-0.1, -0.05) is 40.9 Å². The van der Waals surface area contributed by atoms with Crippen LogP contribution in [0.3, 0.4) is 0 Å². The number of amides is 1. The van der Waals surface area contributed by atoms with Gasteiger partial charge in [0.05, 0.1) is 40.0 Å². The zero-order chi connectivity index (χ0) is 23.3. The largest absolute Gasteiger partial charge is 0.409 e. The van der Waals surface area contributed by atoms with Gasteiger partial charge in [-0.25, -0.2) is 4.40 Å². The molecular weight excluding hydrogens is 508 g/mol. The minimum atomic E-state index is -4.64. The molecule has 4 nitrogen and oxygen atoms in total. The van der Waals surface area contributed by atoms with Crippen molar-refractivity contribution in [2.24, 2.45) is 4.40 Å². The van der Waals surface area contributed by atoms with E-state index in [4.69, 9.17) is 39.5 Å². The van der Waals surface area contributed by atoms with Crippen molar-refractivity contribution in [2.75, 3.05) is 13.2 Å². The number of hydrogen-bond acceptors (Lipinski definition) is 4. The van der Waals surface area contributed by atoms with Crippen LogP contribution < -0.4 is 5.32 Å². The van der Waals surface area contributed by atoms with Gasteiger partial charge in [0.2, 0.25) is 0 Å². The number of benzene rings is 2. The minimum absolute atomic E-state index is 0.00324. The summed E-state index contributed by atoms with van der Waals surface area (Å²) in [6, 6.07) is 7.20. The van der Waals surface area contributed by atoms with Crippen molar-refractivity contribution in [1.29, 1.82) is 0 Å². The molecule has 2 aromatic carbocycles. The monoisotopic (exact) mass is 522 g/mol. The predicted molar refractivity (Wildman–Crippen MR) is 121 cm³/mol. The summed E-state index contributed by atoms with van der Waals surface area (Å²) in [7, 11) is 0. The average molecular weight is 524 g/mol. The Hall–Kier alpha value is -1.45. The lowest BCUT2D eigenvalue weighted by molar-refractivity contribution is -0.159. The molecule has 0 saturated carbocycles. The van der Waals surface area contributed by atoms with Crippen molar-refractivity contribution in [1.82, 2.24) is 5.32 Å². The van der Waals surface area contributed by atoms with E-state index in [9.17, 15) is 18.0 Å². The maximum Gasteiger partial charge on any atom is 0.409 e. The molecule has 0 spiro atoms. The van der Waals surface area contributed by atoms with Crippen molar-refractivity contribution in [3.05, 3.63) is 67.7 Å². The van der Waals surface area contributed by atoms with Crippen LogP contribution in [0.2, 0.25) is 15.1 Å². The van der Waals surface area contributed by atoms with Crippen LogP contribution in [0.15, 0.2) is 34.7 Å². The Morgan fingerprint density at radius 3 is 2.38 bits per heavy atom. The molecule has 4 rings (SSSR count). The Bertz CT molecular complexity index is 1100. The predicted octanol–water partition coefficient (Wildman–Crippen LogP) is 6.38. The third-order valence-electron chi connectivity index (χ3n) is 5.41. The zero-order valence-electron chi connectivity index (χ0n) is 16.5. The van der Waals surface area contributed by atoms with Crippen LogP contribution in [-0.4, -0.2) is 37.1 Å². The highest BCUT2D eigenvalue weighted by Gasteiger charge is 2.60. The Kier molecular flexibility index (Phi) is 6.46. The van der Waals surface area contributed by atoms with Gasteiger partial charge in [-0.15, -0.1) is 0 Å². The van der Waals surface area contributed by atoms with Crippen molar-refractivity contribution < 1.29 is 22.7 Å². The fourth-order valence-corrected chi connectivity index (χ4v) is 5.09. The average Bonchev–Trinajstić information content (AvgIpc) is 3.15. The number of rotatable bonds is 4. The number of halogens is 6. The van der Waals surface area contributed by atoms with Gasteiger partial charge in [0.15, 0.2) is 4.75 Å². The maximum absolute atomic E-state index is 14.3. The summed E-state index contributed by atoms with van der Waals surface area (Å²) < 4.78 is 49.7. The Balaban J connectivity index is 1.62. The number of aryl methyl sites for hydroxylation is 1. The number of carbonyl (C=O) groups excluding carboxylic acids is 1. The summed E-state index contributed by atoms with van der Waals surface area (Å²) in [5.41, 5.74) is 1.73. The molecule has 1 saturated heterocycles. The molecule has 32 heavy (non-hydrogen) atoms. The van der Waals surface area contributed by atoms with Gasteiger partial charge in [0.1, 0.15) is 0 Å². The molecule has 1 unspecified atom stereocenters. The van der Waals surface area contributed by atoms with Gasteiger partial charge in [-0.05, 0) is 59.8 Å². The number of nitrogens with zero attached hydrogens (tertiary/aromatic N) is 1. The standard InChI is InChI=1S/C21H16Cl3F3N2O2S/c1-10-4-11(2-3-14(10)19(30)28-13-8-31-9-13)17-7-20(32-29-17,21(25,26)27)12-5-15(22)18(24)16(23)6-12/h2-6,13H,7-9H2,1H3,(H,28,30). The minimum Gasteiger partial charge on any atom is -0.377 e. The van der Waals surface area contributed by atoms with Crippen LogP contribution in [0.4, 0.5) is 13.2 Å². The number of ether oxygens (including phenoxy) is 1. The first-order valence-electron chi connectivity index (χ1n) is 9.48. The zero-order valence-corrected chi connectivity index (χ0v) is 19.6. The molecule has 11 heteroatoms. The van der Waals surface area contributed by atoms with Gasteiger partial charge in [-0.2, -0.15) is 13.2 Å². The van der Waals surface area contributed by atoms with Crippen LogP contribution in [0.25, 0.3) is 0 Å². The Morgan fingerprint density at radius 2 is 1.84 bits per heavy atom. The molecule has 0 aliphatic carbocycles. The van der Waals surface area contributed by atoms with Crippen LogP contribution in [0.5, 0.6) is 0 Å². The highest BCUT2D eigenvalue weighted by molar-refractivity contribution is 7.99. The molecule has 1 fully saturated rings.